The summed E-state index contributed by atoms with van der Waals surface area (Å²) < 4.78 is 11.2. The summed E-state index contributed by atoms with van der Waals surface area (Å²) >= 11 is 0. The van der Waals surface area contributed by atoms with Crippen molar-refractivity contribution in [1.82, 2.24) is 10.6 Å². The average Bonchev–Trinajstić information content (AvgIpc) is 3.04. The molecule has 0 heterocycles. The van der Waals surface area contributed by atoms with E-state index in [9.17, 15) is 19.8 Å². The molecule has 2 amide bonds. The average molecular weight is 602 g/mol. The van der Waals surface area contributed by atoms with Gasteiger partial charge in [0.25, 0.3) is 5.91 Å². The number of nitrogens with one attached hydrogen (secondary N) is 3. The lowest BCUT2D eigenvalue weighted by Crippen LogP contribution is -2.29. The van der Waals surface area contributed by atoms with E-state index in [1.807, 2.05) is 48.5 Å². The van der Waals surface area contributed by atoms with E-state index in [0.717, 1.165) is 11.1 Å². The van der Waals surface area contributed by atoms with Gasteiger partial charge in [0, 0.05) is 37.8 Å². The van der Waals surface area contributed by atoms with Gasteiger partial charge in [0.2, 0.25) is 6.41 Å². The molecule has 0 fully saturated rings. The molecule has 0 saturated carbocycles. The summed E-state index contributed by atoms with van der Waals surface area (Å²) in [7, 11) is 3.16. The van der Waals surface area contributed by atoms with E-state index in [4.69, 9.17) is 15.2 Å². The van der Waals surface area contributed by atoms with Crippen LogP contribution in [-0.4, -0.2) is 55.6 Å². The number of aliphatic hydroxyl groups is 1. The van der Waals surface area contributed by atoms with Gasteiger partial charge in [0.15, 0.2) is 0 Å². The first-order chi connectivity index (χ1) is 21.3. The van der Waals surface area contributed by atoms with Crippen LogP contribution in [0, 0.1) is 0 Å². The molecule has 3 aromatic rings. The number of aromatic hydroxyl groups is 1. The van der Waals surface area contributed by atoms with Crippen LogP contribution in [0.3, 0.4) is 0 Å². The van der Waals surface area contributed by atoms with E-state index in [0.29, 0.717) is 41.3 Å². The van der Waals surface area contributed by atoms with Gasteiger partial charge in [-0.1, -0.05) is 48.6 Å². The third-order valence-corrected chi connectivity index (χ3v) is 6.61. The first kappa shape index (κ1) is 33.4. The second kappa shape index (κ2) is 17.1. The zero-order valence-electron chi connectivity index (χ0n) is 25.0. The molecule has 0 aliphatic carbocycles. The fraction of sp³-hybridized carbons (Fsp3) is 0.242. The quantitative estimate of drug-likeness (QED) is 0.0628. The van der Waals surface area contributed by atoms with Crippen LogP contribution in [0.15, 0.2) is 83.5 Å². The summed E-state index contributed by atoms with van der Waals surface area (Å²) in [6, 6.07) is 17.9. The molecule has 3 aromatic carbocycles. The van der Waals surface area contributed by atoms with Crippen molar-refractivity contribution in [2.75, 3.05) is 32.6 Å². The van der Waals surface area contributed by atoms with Gasteiger partial charge in [-0.3, -0.25) is 14.6 Å². The molecule has 11 heteroatoms. The Morgan fingerprint density at radius 1 is 1.11 bits per heavy atom. The number of ether oxygens (including phenoxy) is 2. The smallest absolute Gasteiger partial charge is 0.267 e. The van der Waals surface area contributed by atoms with Gasteiger partial charge in [-0.25, -0.2) is 0 Å². The molecule has 232 valence electrons. The Labute approximate surface area is 257 Å². The van der Waals surface area contributed by atoms with Gasteiger partial charge in [-0.05, 0) is 48.4 Å². The lowest BCUT2D eigenvalue weighted by molar-refractivity contribution is -0.117. The number of benzene rings is 3. The number of carbonyl (C=O) groups excluding carboxylic acids is 2. The molecule has 44 heavy (non-hydrogen) atoms. The number of rotatable bonds is 16. The molecular formula is C33H39N5O6. The third-order valence-electron chi connectivity index (χ3n) is 6.61. The molecule has 7 N–H and O–H groups in total. The Kier molecular flexibility index (Phi) is 13.0. The van der Waals surface area contributed by atoms with Crippen LogP contribution in [0.2, 0.25) is 0 Å². The molecule has 1 atom stereocenters. The van der Waals surface area contributed by atoms with Crippen molar-refractivity contribution < 1.29 is 29.3 Å². The maximum atomic E-state index is 12.6. The monoisotopic (exact) mass is 601 g/mol. The molecule has 0 aromatic heterocycles. The van der Waals surface area contributed by atoms with Gasteiger partial charge < -0.3 is 41.4 Å². The van der Waals surface area contributed by atoms with Crippen molar-refractivity contribution in [1.29, 1.82) is 0 Å². The number of allylic oxidation sites excluding steroid dienone is 1. The Morgan fingerprint density at radius 2 is 1.89 bits per heavy atom. The molecule has 1 unspecified atom stereocenters. The van der Waals surface area contributed by atoms with Crippen molar-refractivity contribution in [2.24, 2.45) is 10.7 Å². The van der Waals surface area contributed by atoms with Crippen LogP contribution in [0.4, 0.5) is 5.69 Å². The summed E-state index contributed by atoms with van der Waals surface area (Å²) in [5, 5.41) is 29.5. The number of amides is 2. The molecule has 11 nitrogen and oxygen atoms in total. The number of phenols is 1. The van der Waals surface area contributed by atoms with Crippen LogP contribution in [0.25, 0.3) is 6.08 Å². The largest absolute Gasteiger partial charge is 0.506 e. The van der Waals surface area contributed by atoms with Crippen LogP contribution in [0.1, 0.15) is 35.3 Å². The van der Waals surface area contributed by atoms with Gasteiger partial charge >= 0.3 is 0 Å². The minimum atomic E-state index is -0.920. The van der Waals surface area contributed by atoms with E-state index in [2.05, 4.69) is 20.9 Å². The molecule has 0 aliphatic heterocycles. The molecule has 0 saturated heterocycles. The highest BCUT2D eigenvalue weighted by Gasteiger charge is 2.17. The zero-order valence-corrected chi connectivity index (χ0v) is 25.0. The maximum absolute atomic E-state index is 12.6. The van der Waals surface area contributed by atoms with E-state index in [1.165, 1.54) is 12.1 Å². The number of phenolic OH excluding ortho intramolecular Hbond substituents is 1. The Balaban J connectivity index is 1.57. The summed E-state index contributed by atoms with van der Waals surface area (Å²) in [6.45, 7) is 2.78. The molecule has 0 aliphatic rings. The van der Waals surface area contributed by atoms with Crippen molar-refractivity contribution in [2.45, 2.75) is 26.1 Å². The number of carbonyl (C=O) groups is 2. The second-order valence-corrected chi connectivity index (χ2v) is 9.62. The van der Waals surface area contributed by atoms with Crippen LogP contribution < -0.4 is 31.2 Å². The summed E-state index contributed by atoms with van der Waals surface area (Å²) in [6.07, 6.45) is 4.51. The molecular weight excluding hydrogens is 562 g/mol. The van der Waals surface area contributed by atoms with E-state index >= 15 is 0 Å². The van der Waals surface area contributed by atoms with Crippen molar-refractivity contribution >= 4 is 29.8 Å². The Bertz CT molecular complexity index is 1500. The minimum Gasteiger partial charge on any atom is -0.506 e. The highest BCUT2D eigenvalue weighted by atomic mass is 16.5. The number of methoxy groups -OCH3 is 1. The Morgan fingerprint density at radius 3 is 2.57 bits per heavy atom. The topological polar surface area (TPSA) is 168 Å². The fourth-order valence-electron chi connectivity index (χ4n) is 4.34. The molecule has 0 spiro atoms. The molecule has 0 radical (unpaired) electrons. The predicted molar refractivity (Wildman–Crippen MR) is 172 cm³/mol. The summed E-state index contributed by atoms with van der Waals surface area (Å²) in [5.41, 5.74) is 9.48. The molecule has 3 rings (SSSR count). The lowest BCUT2D eigenvalue weighted by Gasteiger charge is -2.19. The fourth-order valence-corrected chi connectivity index (χ4v) is 4.34. The summed E-state index contributed by atoms with van der Waals surface area (Å²) in [5.74, 6) is 0.758. The third kappa shape index (κ3) is 9.45. The normalized spacial score (nSPS) is 12.5. The highest BCUT2D eigenvalue weighted by molar-refractivity contribution is 6.04. The van der Waals surface area contributed by atoms with E-state index in [-0.39, 0.29) is 36.8 Å². The lowest BCUT2D eigenvalue weighted by atomic mass is 9.99. The van der Waals surface area contributed by atoms with Crippen molar-refractivity contribution in [3.05, 3.63) is 101 Å². The van der Waals surface area contributed by atoms with Crippen LogP contribution in [0.5, 0.6) is 17.2 Å². The molecule has 0 bridgehead atoms. The number of aliphatic imine (C=N–C) groups is 1. The Hall–Kier alpha value is -5.13. The van der Waals surface area contributed by atoms with Crippen LogP contribution >= 0.6 is 0 Å². The predicted octanol–water partition coefficient (Wildman–Crippen LogP) is 3.43. The first-order valence-corrected chi connectivity index (χ1v) is 13.9. The van der Waals surface area contributed by atoms with E-state index < -0.39 is 12.0 Å². The first-order valence-electron chi connectivity index (χ1n) is 13.9. The van der Waals surface area contributed by atoms with Crippen LogP contribution in [-0.2, 0) is 22.7 Å². The number of hydrogen-bond acceptors (Lipinski definition) is 9. The van der Waals surface area contributed by atoms with E-state index in [1.54, 1.807) is 39.3 Å². The SMILES string of the molecule is C/C=C\c1c(C(O)CNCc2ccc(CNC(=O)C(N)=CC(COc3ccccc3)=NC)cc2OC)ccc(O)c1NC=O. The zero-order chi connectivity index (χ0) is 31.9. The van der Waals surface area contributed by atoms with Gasteiger partial charge in [-0.15, -0.1) is 0 Å². The number of anilines is 1. The number of para-hydroxylation sites is 1. The van der Waals surface area contributed by atoms with Gasteiger partial charge in [0.05, 0.1) is 30.3 Å². The van der Waals surface area contributed by atoms with Crippen molar-refractivity contribution in [3.8, 4) is 17.2 Å². The highest BCUT2D eigenvalue weighted by Crippen LogP contribution is 2.34. The number of aliphatic hydroxyl groups excluding tert-OH is 1. The van der Waals surface area contributed by atoms with Gasteiger partial charge in [0.1, 0.15) is 23.9 Å². The van der Waals surface area contributed by atoms with Crippen molar-refractivity contribution in [3.63, 3.8) is 0 Å². The number of hydrogen-bond donors (Lipinski definition) is 6. The maximum Gasteiger partial charge on any atom is 0.267 e. The standard InChI is InChI=1S/C33H39N5O6/c1-4-8-27-26(13-14-29(40)32(27)38-21-39)30(41)19-36-18-23-12-11-22(15-31(23)43-3)17-37-33(42)28(34)16-24(35-2)20-44-25-9-6-5-7-10-25/h4-16,21,30,36,40-41H,17-20,34H2,1-3H3,(H,37,42)(H,38,39)/b8-4-,28-16?,35-24?. The number of nitrogens with zero attached hydrogens (tertiary/aromatic N) is 1. The van der Waals surface area contributed by atoms with Gasteiger partial charge in [-0.2, -0.15) is 0 Å². The minimum absolute atomic E-state index is 0.00822. The summed E-state index contributed by atoms with van der Waals surface area (Å²) in [4.78, 5) is 27.8. The number of nitrogens with two attached hydrogens (primary N) is 1. The second-order valence-electron chi connectivity index (χ2n) is 9.62.